The van der Waals surface area contributed by atoms with Crippen molar-refractivity contribution in [1.29, 1.82) is 0 Å². The number of nitrogens with zero attached hydrogens (tertiary/aromatic N) is 5. The third-order valence-corrected chi connectivity index (χ3v) is 4.74. The quantitative estimate of drug-likeness (QED) is 0.429. The minimum absolute atomic E-state index is 0.686. The van der Waals surface area contributed by atoms with Gasteiger partial charge in [-0.2, -0.15) is 0 Å². The summed E-state index contributed by atoms with van der Waals surface area (Å²) in [5.41, 5.74) is 1.22. The van der Waals surface area contributed by atoms with Gasteiger partial charge in [0.15, 0.2) is 5.96 Å². The molecule has 1 fully saturated rings. The lowest BCUT2D eigenvalue weighted by Crippen LogP contribution is -2.53. The van der Waals surface area contributed by atoms with Gasteiger partial charge >= 0.3 is 0 Å². The molecule has 28 heavy (non-hydrogen) atoms. The molecule has 3 rings (SSSR count). The smallest absolute Gasteiger partial charge is 0.225 e. The average Bonchev–Trinajstić information content (AvgIpc) is 2.77. The molecule has 2 aromatic rings. The summed E-state index contributed by atoms with van der Waals surface area (Å²) in [6, 6.07) is 12.1. The van der Waals surface area contributed by atoms with E-state index in [1.165, 1.54) is 5.56 Å². The molecule has 1 aromatic carbocycles. The van der Waals surface area contributed by atoms with Crippen LogP contribution in [0.4, 0.5) is 5.95 Å². The molecule has 0 saturated carbocycles. The SMILES string of the molecule is CN=C(NCCCCOCc1ccccc1)N1CCN(c2ncccn2)CC1. The van der Waals surface area contributed by atoms with Gasteiger partial charge < -0.3 is 19.9 Å². The molecule has 1 saturated heterocycles. The number of aromatic nitrogens is 2. The van der Waals surface area contributed by atoms with Crippen molar-refractivity contribution in [2.24, 2.45) is 4.99 Å². The third-order valence-electron chi connectivity index (χ3n) is 4.74. The zero-order valence-corrected chi connectivity index (χ0v) is 16.6. The lowest BCUT2D eigenvalue weighted by molar-refractivity contribution is 0.117. The number of aliphatic imine (C=N–C) groups is 1. The van der Waals surface area contributed by atoms with E-state index in [0.717, 1.165) is 64.1 Å². The van der Waals surface area contributed by atoms with Crippen LogP contribution in [0.5, 0.6) is 0 Å². The molecule has 7 nitrogen and oxygen atoms in total. The summed E-state index contributed by atoms with van der Waals surface area (Å²) in [6.45, 7) is 6.01. The number of hydrogen-bond donors (Lipinski definition) is 1. The van der Waals surface area contributed by atoms with Crippen molar-refractivity contribution < 1.29 is 4.74 Å². The first-order valence-electron chi connectivity index (χ1n) is 9.96. The van der Waals surface area contributed by atoms with Crippen LogP contribution in [0.3, 0.4) is 0 Å². The van der Waals surface area contributed by atoms with Gasteiger partial charge in [0.1, 0.15) is 0 Å². The van der Waals surface area contributed by atoms with Crippen LogP contribution in [0, 0.1) is 0 Å². The van der Waals surface area contributed by atoms with Crippen molar-refractivity contribution >= 4 is 11.9 Å². The van der Waals surface area contributed by atoms with E-state index in [9.17, 15) is 0 Å². The summed E-state index contributed by atoms with van der Waals surface area (Å²) < 4.78 is 5.74. The van der Waals surface area contributed by atoms with Gasteiger partial charge in [-0.05, 0) is 24.5 Å². The van der Waals surface area contributed by atoms with Gasteiger partial charge in [0.05, 0.1) is 6.61 Å². The molecule has 0 aliphatic carbocycles. The fourth-order valence-electron chi connectivity index (χ4n) is 3.20. The maximum absolute atomic E-state index is 5.74. The highest BCUT2D eigenvalue weighted by atomic mass is 16.5. The lowest BCUT2D eigenvalue weighted by atomic mass is 10.2. The zero-order chi connectivity index (χ0) is 19.4. The van der Waals surface area contributed by atoms with Crippen molar-refractivity contribution in [2.75, 3.05) is 51.3 Å². The van der Waals surface area contributed by atoms with E-state index in [1.807, 2.05) is 31.3 Å². The zero-order valence-electron chi connectivity index (χ0n) is 16.6. The van der Waals surface area contributed by atoms with Gasteiger partial charge in [-0.3, -0.25) is 4.99 Å². The van der Waals surface area contributed by atoms with Crippen LogP contribution in [0.15, 0.2) is 53.8 Å². The minimum Gasteiger partial charge on any atom is -0.377 e. The van der Waals surface area contributed by atoms with E-state index in [4.69, 9.17) is 4.74 Å². The number of benzene rings is 1. The Balaban J connectivity index is 1.29. The summed E-state index contributed by atoms with van der Waals surface area (Å²) in [6.07, 6.45) is 5.68. The summed E-state index contributed by atoms with van der Waals surface area (Å²) in [7, 11) is 1.85. The molecule has 0 amide bonds. The Labute approximate surface area is 167 Å². The van der Waals surface area contributed by atoms with E-state index in [-0.39, 0.29) is 0 Å². The van der Waals surface area contributed by atoms with E-state index >= 15 is 0 Å². The third kappa shape index (κ3) is 6.20. The summed E-state index contributed by atoms with van der Waals surface area (Å²) in [4.78, 5) is 17.6. The fraction of sp³-hybridized carbons (Fsp3) is 0.476. The van der Waals surface area contributed by atoms with Gasteiger partial charge in [0.2, 0.25) is 5.95 Å². The van der Waals surface area contributed by atoms with Crippen LogP contribution < -0.4 is 10.2 Å². The number of nitrogens with one attached hydrogen (secondary N) is 1. The Kier molecular flexibility index (Phi) is 8.06. The highest BCUT2D eigenvalue weighted by molar-refractivity contribution is 5.80. The molecule has 0 bridgehead atoms. The van der Waals surface area contributed by atoms with Crippen molar-refractivity contribution in [3.63, 3.8) is 0 Å². The molecule has 1 aromatic heterocycles. The molecule has 2 heterocycles. The minimum atomic E-state index is 0.686. The first-order valence-corrected chi connectivity index (χ1v) is 9.96. The van der Waals surface area contributed by atoms with Gasteiger partial charge in [-0.15, -0.1) is 0 Å². The average molecular weight is 383 g/mol. The number of anilines is 1. The Hall–Kier alpha value is -2.67. The maximum Gasteiger partial charge on any atom is 0.225 e. The number of rotatable bonds is 8. The van der Waals surface area contributed by atoms with Crippen molar-refractivity contribution in [2.45, 2.75) is 19.4 Å². The maximum atomic E-state index is 5.74. The second kappa shape index (κ2) is 11.2. The van der Waals surface area contributed by atoms with Crippen LogP contribution in [0.1, 0.15) is 18.4 Å². The Morgan fingerprint density at radius 3 is 2.50 bits per heavy atom. The lowest BCUT2D eigenvalue weighted by Gasteiger charge is -2.36. The van der Waals surface area contributed by atoms with Gasteiger partial charge in [0, 0.05) is 58.8 Å². The van der Waals surface area contributed by atoms with E-state index in [0.29, 0.717) is 6.61 Å². The monoisotopic (exact) mass is 382 g/mol. The molecule has 0 unspecified atom stereocenters. The van der Waals surface area contributed by atoms with E-state index in [1.54, 1.807) is 12.4 Å². The highest BCUT2D eigenvalue weighted by Gasteiger charge is 2.20. The van der Waals surface area contributed by atoms with Gasteiger partial charge in [-0.1, -0.05) is 30.3 Å². The molecule has 7 heteroatoms. The normalized spacial score (nSPS) is 15.0. The van der Waals surface area contributed by atoms with Crippen molar-refractivity contribution in [3.8, 4) is 0 Å². The summed E-state index contributed by atoms with van der Waals surface area (Å²) >= 11 is 0. The van der Waals surface area contributed by atoms with Crippen molar-refractivity contribution in [3.05, 3.63) is 54.4 Å². The van der Waals surface area contributed by atoms with Crippen LogP contribution in [0.25, 0.3) is 0 Å². The molecule has 1 aliphatic rings. The summed E-state index contributed by atoms with van der Waals surface area (Å²) in [5.74, 6) is 1.78. The molecular weight excluding hydrogens is 352 g/mol. The largest absolute Gasteiger partial charge is 0.377 e. The molecule has 0 radical (unpaired) electrons. The second-order valence-corrected chi connectivity index (χ2v) is 6.74. The highest BCUT2D eigenvalue weighted by Crippen LogP contribution is 2.09. The Morgan fingerprint density at radius 1 is 1.04 bits per heavy atom. The molecule has 0 atom stereocenters. The predicted octanol–water partition coefficient (Wildman–Crippen LogP) is 2.17. The fourth-order valence-corrected chi connectivity index (χ4v) is 3.20. The first kappa shape index (κ1) is 20.1. The standard InChI is InChI=1S/C21H30N6O/c1-22-20(23-10-5-6-17-28-18-19-8-3-2-4-9-19)26-13-15-27(16-14-26)21-24-11-7-12-25-21/h2-4,7-9,11-12H,5-6,10,13-18H2,1H3,(H,22,23). The van der Waals surface area contributed by atoms with Crippen LogP contribution in [0.2, 0.25) is 0 Å². The summed E-state index contributed by atoms with van der Waals surface area (Å²) in [5, 5.41) is 3.47. The molecular formula is C21H30N6O. The van der Waals surface area contributed by atoms with E-state index in [2.05, 4.69) is 42.2 Å². The molecule has 150 valence electrons. The molecule has 1 aliphatic heterocycles. The van der Waals surface area contributed by atoms with Crippen LogP contribution >= 0.6 is 0 Å². The number of piperazine rings is 1. The van der Waals surface area contributed by atoms with Crippen LogP contribution in [-0.2, 0) is 11.3 Å². The Bertz CT molecular complexity index is 701. The first-order chi connectivity index (χ1) is 13.9. The van der Waals surface area contributed by atoms with E-state index < -0.39 is 0 Å². The molecule has 1 N–H and O–H groups in total. The Morgan fingerprint density at radius 2 is 1.79 bits per heavy atom. The second-order valence-electron chi connectivity index (χ2n) is 6.74. The predicted molar refractivity (Wildman–Crippen MR) is 113 cm³/mol. The van der Waals surface area contributed by atoms with Crippen molar-refractivity contribution in [1.82, 2.24) is 20.2 Å². The topological polar surface area (TPSA) is 65.9 Å². The number of hydrogen-bond acceptors (Lipinski definition) is 5. The number of unbranched alkanes of at least 4 members (excludes halogenated alkanes) is 1. The number of guanidine groups is 1. The number of ether oxygens (including phenoxy) is 1. The van der Waals surface area contributed by atoms with Crippen LogP contribution in [-0.4, -0.2) is 67.2 Å². The van der Waals surface area contributed by atoms with Gasteiger partial charge in [-0.25, -0.2) is 9.97 Å². The molecule has 0 spiro atoms. The van der Waals surface area contributed by atoms with Gasteiger partial charge in [0.25, 0.3) is 0 Å².